The van der Waals surface area contributed by atoms with Crippen LogP contribution in [0.2, 0.25) is 0 Å². The molecule has 0 aromatic heterocycles. The molecule has 0 saturated carbocycles. The van der Waals surface area contributed by atoms with Crippen LogP contribution in [0, 0.1) is 5.82 Å². The van der Waals surface area contributed by atoms with Gasteiger partial charge < -0.3 is 21.1 Å². The van der Waals surface area contributed by atoms with Gasteiger partial charge in [-0.2, -0.15) is 0 Å². The lowest BCUT2D eigenvalue weighted by atomic mass is 10.0. The fourth-order valence-corrected chi connectivity index (χ4v) is 2.28. The monoisotopic (exact) mass is 367 g/mol. The first-order chi connectivity index (χ1) is 12.2. The van der Waals surface area contributed by atoms with Crippen molar-refractivity contribution >= 4 is 23.7 Å². The van der Waals surface area contributed by atoms with E-state index in [-0.39, 0.29) is 19.3 Å². The standard InChI is InChI=1S/C17H22FN3O5/c1-10(22)20-14(9-11-4-3-5-12(18)8-11)17(25)21-13(16(19)24)6-7-15(23)26-2/h3-5,8,13-14H,6-7,9H2,1-2H3,(H2,19,24)(H,20,22)(H,21,25)/t13-,14+/m1/s1. The van der Waals surface area contributed by atoms with Crippen molar-refractivity contribution in [2.24, 2.45) is 5.73 Å². The molecule has 9 heteroatoms. The summed E-state index contributed by atoms with van der Waals surface area (Å²) < 4.78 is 17.8. The second-order valence-corrected chi connectivity index (χ2v) is 5.67. The van der Waals surface area contributed by atoms with E-state index in [0.29, 0.717) is 5.56 Å². The number of rotatable bonds is 9. The number of esters is 1. The van der Waals surface area contributed by atoms with Gasteiger partial charge in [-0.3, -0.25) is 19.2 Å². The molecule has 1 rings (SSSR count). The van der Waals surface area contributed by atoms with E-state index in [9.17, 15) is 23.6 Å². The number of methoxy groups -OCH3 is 1. The molecule has 0 fully saturated rings. The minimum Gasteiger partial charge on any atom is -0.469 e. The van der Waals surface area contributed by atoms with Crippen molar-refractivity contribution in [3.8, 4) is 0 Å². The smallest absolute Gasteiger partial charge is 0.305 e. The molecule has 26 heavy (non-hydrogen) atoms. The fraction of sp³-hybridized carbons (Fsp3) is 0.412. The van der Waals surface area contributed by atoms with Gasteiger partial charge in [0.25, 0.3) is 0 Å². The Kier molecular flexibility index (Phi) is 8.20. The van der Waals surface area contributed by atoms with Gasteiger partial charge in [-0.15, -0.1) is 0 Å². The topological polar surface area (TPSA) is 128 Å². The summed E-state index contributed by atoms with van der Waals surface area (Å²) in [5.41, 5.74) is 5.73. The Morgan fingerprint density at radius 2 is 1.88 bits per heavy atom. The third-order valence-corrected chi connectivity index (χ3v) is 3.55. The van der Waals surface area contributed by atoms with Crippen LogP contribution in [-0.2, 0) is 30.3 Å². The zero-order valence-electron chi connectivity index (χ0n) is 14.6. The lowest BCUT2D eigenvalue weighted by Gasteiger charge is -2.21. The first-order valence-electron chi connectivity index (χ1n) is 7.91. The number of halogens is 1. The quantitative estimate of drug-likeness (QED) is 0.521. The summed E-state index contributed by atoms with van der Waals surface area (Å²) >= 11 is 0. The highest BCUT2D eigenvalue weighted by Gasteiger charge is 2.25. The van der Waals surface area contributed by atoms with Gasteiger partial charge in [0, 0.05) is 19.8 Å². The Bertz CT molecular complexity index is 680. The van der Waals surface area contributed by atoms with E-state index in [1.165, 1.54) is 32.2 Å². The number of carbonyl (C=O) groups is 4. The molecular weight excluding hydrogens is 345 g/mol. The van der Waals surface area contributed by atoms with E-state index in [0.717, 1.165) is 0 Å². The van der Waals surface area contributed by atoms with Gasteiger partial charge in [0.15, 0.2) is 0 Å². The van der Waals surface area contributed by atoms with Crippen molar-refractivity contribution in [3.63, 3.8) is 0 Å². The molecule has 3 amide bonds. The van der Waals surface area contributed by atoms with Gasteiger partial charge in [-0.25, -0.2) is 4.39 Å². The average Bonchev–Trinajstić information content (AvgIpc) is 2.56. The van der Waals surface area contributed by atoms with Crippen LogP contribution in [0.3, 0.4) is 0 Å². The van der Waals surface area contributed by atoms with Crippen molar-refractivity contribution in [2.45, 2.75) is 38.3 Å². The van der Waals surface area contributed by atoms with E-state index >= 15 is 0 Å². The summed E-state index contributed by atoms with van der Waals surface area (Å²) in [6.45, 7) is 1.23. The van der Waals surface area contributed by atoms with Crippen molar-refractivity contribution in [2.75, 3.05) is 7.11 Å². The van der Waals surface area contributed by atoms with Gasteiger partial charge in [-0.1, -0.05) is 12.1 Å². The van der Waals surface area contributed by atoms with E-state index in [1.54, 1.807) is 6.07 Å². The molecule has 0 aliphatic rings. The zero-order valence-corrected chi connectivity index (χ0v) is 14.6. The van der Waals surface area contributed by atoms with Crippen molar-refractivity contribution < 1.29 is 28.3 Å². The highest BCUT2D eigenvalue weighted by atomic mass is 19.1. The number of ether oxygens (including phenoxy) is 1. The number of nitrogens with two attached hydrogens (primary N) is 1. The number of amides is 3. The maximum absolute atomic E-state index is 13.3. The highest BCUT2D eigenvalue weighted by Crippen LogP contribution is 2.08. The Balaban J connectivity index is 2.83. The zero-order chi connectivity index (χ0) is 19.7. The fourth-order valence-electron chi connectivity index (χ4n) is 2.28. The van der Waals surface area contributed by atoms with Crippen molar-refractivity contribution in [3.05, 3.63) is 35.6 Å². The third kappa shape index (κ3) is 7.29. The van der Waals surface area contributed by atoms with Gasteiger partial charge in [-0.05, 0) is 24.1 Å². The number of hydrogen-bond donors (Lipinski definition) is 3. The van der Waals surface area contributed by atoms with Crippen LogP contribution >= 0.6 is 0 Å². The second-order valence-electron chi connectivity index (χ2n) is 5.67. The Hall–Kier alpha value is -2.97. The minimum atomic E-state index is -1.11. The summed E-state index contributed by atoms with van der Waals surface area (Å²) in [6.07, 6.45) is -0.134. The van der Waals surface area contributed by atoms with Gasteiger partial charge in [0.2, 0.25) is 17.7 Å². The SMILES string of the molecule is COC(=O)CC[C@@H](NC(=O)[C@H](Cc1cccc(F)c1)NC(C)=O)C(N)=O. The van der Waals surface area contributed by atoms with Gasteiger partial charge in [0.1, 0.15) is 17.9 Å². The van der Waals surface area contributed by atoms with Crippen LogP contribution in [0.15, 0.2) is 24.3 Å². The van der Waals surface area contributed by atoms with Crippen molar-refractivity contribution in [1.82, 2.24) is 10.6 Å². The largest absolute Gasteiger partial charge is 0.469 e. The van der Waals surface area contributed by atoms with Crippen LogP contribution in [0.4, 0.5) is 4.39 Å². The first kappa shape index (κ1) is 21.1. The molecular formula is C17H22FN3O5. The van der Waals surface area contributed by atoms with E-state index in [1.807, 2.05) is 0 Å². The average molecular weight is 367 g/mol. The number of benzene rings is 1. The molecule has 0 saturated heterocycles. The molecule has 0 heterocycles. The molecule has 1 aromatic rings. The summed E-state index contributed by atoms with van der Waals surface area (Å²) in [6, 6.07) is 3.45. The molecule has 4 N–H and O–H groups in total. The van der Waals surface area contributed by atoms with Gasteiger partial charge >= 0.3 is 5.97 Å². The van der Waals surface area contributed by atoms with Crippen molar-refractivity contribution in [1.29, 1.82) is 0 Å². The molecule has 2 atom stereocenters. The van der Waals surface area contributed by atoms with E-state index < -0.39 is 41.6 Å². The normalized spacial score (nSPS) is 12.6. The van der Waals surface area contributed by atoms with Gasteiger partial charge in [0.05, 0.1) is 7.11 Å². The summed E-state index contributed by atoms with van der Waals surface area (Å²) in [4.78, 5) is 46.5. The number of hydrogen-bond acceptors (Lipinski definition) is 5. The van der Waals surface area contributed by atoms with E-state index in [4.69, 9.17) is 5.73 Å². The third-order valence-electron chi connectivity index (χ3n) is 3.55. The maximum atomic E-state index is 13.3. The maximum Gasteiger partial charge on any atom is 0.305 e. The van der Waals surface area contributed by atoms with Crippen LogP contribution in [0.5, 0.6) is 0 Å². The van der Waals surface area contributed by atoms with E-state index in [2.05, 4.69) is 15.4 Å². The molecule has 0 aliphatic carbocycles. The van der Waals surface area contributed by atoms with Crippen LogP contribution in [-0.4, -0.2) is 42.9 Å². The Morgan fingerprint density at radius 3 is 2.42 bits per heavy atom. The molecule has 0 bridgehead atoms. The molecule has 0 aliphatic heterocycles. The number of nitrogens with one attached hydrogen (secondary N) is 2. The molecule has 8 nitrogen and oxygen atoms in total. The van der Waals surface area contributed by atoms with Crippen LogP contribution in [0.1, 0.15) is 25.3 Å². The summed E-state index contributed by atoms with van der Waals surface area (Å²) in [7, 11) is 1.20. The molecule has 1 aromatic carbocycles. The number of carbonyl (C=O) groups excluding carboxylic acids is 4. The second kappa shape index (κ2) is 10.1. The Morgan fingerprint density at radius 1 is 1.19 bits per heavy atom. The van der Waals surface area contributed by atoms with Crippen LogP contribution in [0.25, 0.3) is 0 Å². The summed E-state index contributed by atoms with van der Waals surface area (Å²) in [5, 5.41) is 4.86. The Labute approximate surface area is 150 Å². The molecule has 0 spiro atoms. The predicted octanol–water partition coefficient (Wildman–Crippen LogP) is -0.204. The first-order valence-corrected chi connectivity index (χ1v) is 7.91. The number of primary amides is 1. The molecule has 0 radical (unpaired) electrons. The summed E-state index contributed by atoms with van der Waals surface area (Å²) in [5.74, 6) is -2.99. The predicted molar refractivity (Wildman–Crippen MR) is 90.1 cm³/mol. The molecule has 142 valence electrons. The van der Waals surface area contributed by atoms with Crippen LogP contribution < -0.4 is 16.4 Å². The molecule has 0 unspecified atom stereocenters. The highest BCUT2D eigenvalue weighted by molar-refractivity contribution is 5.91. The lowest BCUT2D eigenvalue weighted by Crippen LogP contribution is -2.53. The lowest BCUT2D eigenvalue weighted by molar-refractivity contribution is -0.141. The minimum absolute atomic E-state index is 0.0195.